The second-order valence-corrected chi connectivity index (χ2v) is 4.76. The molecule has 1 aromatic carbocycles. The molecule has 88 valence electrons. The molecule has 0 spiro atoms. The first-order valence-electron chi connectivity index (χ1n) is 5.02. The van der Waals surface area contributed by atoms with E-state index in [1.807, 2.05) is 0 Å². The Bertz CT molecular complexity index is 377. The fraction of sp³-hybridized carbons (Fsp3) is 0.400. The van der Waals surface area contributed by atoms with Crippen LogP contribution in [-0.2, 0) is 15.5 Å². The van der Waals surface area contributed by atoms with E-state index in [0.717, 1.165) is 5.56 Å². The number of benzene rings is 1. The number of nitro groups is 1. The van der Waals surface area contributed by atoms with Crippen LogP contribution in [0.25, 0.3) is 0 Å². The minimum Gasteiger partial charge on any atom is -0.331 e. The average Bonchev–Trinajstić information content (AvgIpc) is 2.27. The Hall–Kier alpha value is -1.19. The van der Waals surface area contributed by atoms with Crippen LogP contribution >= 0.6 is 8.03 Å². The molecule has 0 heterocycles. The molecule has 1 unspecified atom stereocenters. The Morgan fingerprint density at radius 1 is 1.38 bits per heavy atom. The number of rotatable bonds is 6. The lowest BCUT2D eigenvalue weighted by molar-refractivity contribution is -0.384. The zero-order valence-electron chi connectivity index (χ0n) is 9.01. The van der Waals surface area contributed by atoms with Gasteiger partial charge in [-0.25, -0.2) is 0 Å². The van der Waals surface area contributed by atoms with Crippen LogP contribution in [0.15, 0.2) is 24.3 Å². The molecule has 16 heavy (non-hydrogen) atoms. The third-order valence-corrected chi connectivity index (χ3v) is 3.34. The summed E-state index contributed by atoms with van der Waals surface area (Å²) in [6.45, 7) is 2.26. The minimum atomic E-state index is -1.95. The third-order valence-electron chi connectivity index (χ3n) is 2.07. The van der Waals surface area contributed by atoms with Gasteiger partial charge in [0.2, 0.25) is 0 Å². The van der Waals surface area contributed by atoms with Crippen molar-refractivity contribution in [3.63, 3.8) is 0 Å². The van der Waals surface area contributed by atoms with E-state index in [1.54, 1.807) is 19.1 Å². The zero-order valence-corrected chi connectivity index (χ0v) is 10.0. The summed E-state index contributed by atoms with van der Waals surface area (Å²) in [5, 5.41) is 10.4. The fourth-order valence-corrected chi connectivity index (χ4v) is 2.22. The van der Waals surface area contributed by atoms with Gasteiger partial charge in [0.15, 0.2) is 8.03 Å². The van der Waals surface area contributed by atoms with E-state index >= 15 is 0 Å². The SMILES string of the molecule is CCO[PH](=O)CCc1ccc([N+](=O)[O-])cc1. The van der Waals surface area contributed by atoms with Crippen molar-refractivity contribution in [3.05, 3.63) is 39.9 Å². The second-order valence-electron chi connectivity index (χ2n) is 3.23. The standard InChI is InChI=1S/C10H14NO4P/c1-2-15-16(14)8-7-9-3-5-10(6-4-9)11(12)13/h3-6,16H,2,7-8H2,1H3. The number of hydrogen-bond donors (Lipinski definition) is 0. The smallest absolute Gasteiger partial charge is 0.269 e. The van der Waals surface area contributed by atoms with E-state index in [9.17, 15) is 14.7 Å². The van der Waals surface area contributed by atoms with Gasteiger partial charge in [0, 0.05) is 18.3 Å². The van der Waals surface area contributed by atoms with Crippen LogP contribution in [0.1, 0.15) is 12.5 Å². The molecule has 0 saturated heterocycles. The largest absolute Gasteiger partial charge is 0.331 e. The van der Waals surface area contributed by atoms with Crippen LogP contribution in [0.5, 0.6) is 0 Å². The highest BCUT2D eigenvalue weighted by atomic mass is 31.1. The van der Waals surface area contributed by atoms with Crippen LogP contribution in [0, 0.1) is 10.1 Å². The van der Waals surface area contributed by atoms with Crippen molar-refractivity contribution >= 4 is 13.7 Å². The predicted molar refractivity (Wildman–Crippen MR) is 62.3 cm³/mol. The highest BCUT2D eigenvalue weighted by molar-refractivity contribution is 7.39. The Morgan fingerprint density at radius 2 is 2.00 bits per heavy atom. The molecule has 0 amide bonds. The van der Waals surface area contributed by atoms with Gasteiger partial charge >= 0.3 is 0 Å². The molecule has 0 N–H and O–H groups in total. The summed E-state index contributed by atoms with van der Waals surface area (Å²) < 4.78 is 16.2. The molecule has 0 aliphatic carbocycles. The monoisotopic (exact) mass is 243 g/mol. The number of nitrogens with zero attached hydrogens (tertiary/aromatic N) is 1. The maximum atomic E-state index is 11.2. The van der Waals surface area contributed by atoms with Crippen molar-refractivity contribution < 1.29 is 14.0 Å². The molecular formula is C10H14NO4P. The molecule has 1 rings (SSSR count). The summed E-state index contributed by atoms with van der Waals surface area (Å²) in [4.78, 5) is 9.97. The lowest BCUT2D eigenvalue weighted by Crippen LogP contribution is -1.92. The van der Waals surface area contributed by atoms with Gasteiger partial charge in [0.05, 0.1) is 11.5 Å². The highest BCUT2D eigenvalue weighted by Crippen LogP contribution is 2.23. The summed E-state index contributed by atoms with van der Waals surface area (Å²) in [5.41, 5.74) is 1.00. The number of hydrogen-bond acceptors (Lipinski definition) is 4. The molecule has 6 heteroatoms. The molecule has 0 bridgehead atoms. The summed E-state index contributed by atoms with van der Waals surface area (Å²) in [6, 6.07) is 6.26. The Kier molecular flexibility index (Phi) is 5.15. The van der Waals surface area contributed by atoms with Crippen LogP contribution in [-0.4, -0.2) is 17.7 Å². The maximum absolute atomic E-state index is 11.2. The molecule has 0 radical (unpaired) electrons. The van der Waals surface area contributed by atoms with Crippen LogP contribution in [0.3, 0.4) is 0 Å². The lowest BCUT2D eigenvalue weighted by atomic mass is 10.1. The quantitative estimate of drug-likeness (QED) is 0.437. The lowest BCUT2D eigenvalue weighted by Gasteiger charge is -2.02. The summed E-state index contributed by atoms with van der Waals surface area (Å²) in [5.74, 6) is 0. The topological polar surface area (TPSA) is 69.4 Å². The van der Waals surface area contributed by atoms with Crippen LogP contribution in [0.4, 0.5) is 5.69 Å². The third kappa shape index (κ3) is 4.13. The molecular weight excluding hydrogens is 229 g/mol. The average molecular weight is 243 g/mol. The van der Waals surface area contributed by atoms with Gasteiger partial charge in [-0.1, -0.05) is 12.1 Å². The molecule has 0 aromatic heterocycles. The van der Waals surface area contributed by atoms with Gasteiger partial charge < -0.3 is 4.52 Å². The van der Waals surface area contributed by atoms with Gasteiger partial charge in [0.1, 0.15) is 0 Å². The maximum Gasteiger partial charge on any atom is 0.269 e. The van der Waals surface area contributed by atoms with Crippen molar-refractivity contribution in [2.45, 2.75) is 13.3 Å². The van der Waals surface area contributed by atoms with Crippen molar-refractivity contribution in [1.82, 2.24) is 0 Å². The van der Waals surface area contributed by atoms with Crippen LogP contribution in [0.2, 0.25) is 0 Å². The fourth-order valence-electron chi connectivity index (χ4n) is 1.26. The van der Waals surface area contributed by atoms with Crippen molar-refractivity contribution in [3.8, 4) is 0 Å². The number of nitro benzene ring substituents is 1. The van der Waals surface area contributed by atoms with Crippen molar-refractivity contribution in [2.75, 3.05) is 12.8 Å². The molecule has 1 atom stereocenters. The van der Waals surface area contributed by atoms with Gasteiger partial charge in [-0.2, -0.15) is 0 Å². The van der Waals surface area contributed by atoms with Gasteiger partial charge in [-0.3, -0.25) is 14.7 Å². The van der Waals surface area contributed by atoms with Gasteiger partial charge in [-0.15, -0.1) is 0 Å². The second kappa shape index (κ2) is 6.40. The molecule has 1 aromatic rings. The van der Waals surface area contributed by atoms with E-state index in [-0.39, 0.29) is 5.69 Å². The Balaban J connectivity index is 2.49. The number of non-ortho nitro benzene ring substituents is 1. The van der Waals surface area contributed by atoms with E-state index in [1.165, 1.54) is 12.1 Å². The molecule has 0 fully saturated rings. The molecule has 0 aliphatic rings. The van der Waals surface area contributed by atoms with Gasteiger partial charge in [0.25, 0.3) is 5.69 Å². The van der Waals surface area contributed by atoms with E-state index in [2.05, 4.69) is 0 Å². The van der Waals surface area contributed by atoms with Crippen molar-refractivity contribution in [1.29, 1.82) is 0 Å². The molecule has 0 saturated carbocycles. The van der Waals surface area contributed by atoms with Gasteiger partial charge in [-0.05, 0) is 18.9 Å². The Labute approximate surface area is 94.4 Å². The van der Waals surface area contributed by atoms with E-state index in [0.29, 0.717) is 19.2 Å². The first kappa shape index (κ1) is 12.9. The van der Waals surface area contributed by atoms with Crippen LogP contribution < -0.4 is 0 Å². The van der Waals surface area contributed by atoms with E-state index < -0.39 is 13.0 Å². The predicted octanol–water partition coefficient (Wildman–Crippen LogP) is 2.65. The molecule has 5 nitrogen and oxygen atoms in total. The highest BCUT2D eigenvalue weighted by Gasteiger charge is 2.05. The number of aryl methyl sites for hydroxylation is 1. The Morgan fingerprint density at radius 3 is 2.50 bits per heavy atom. The summed E-state index contributed by atoms with van der Waals surface area (Å²) >= 11 is 0. The molecule has 0 aliphatic heterocycles. The summed E-state index contributed by atoms with van der Waals surface area (Å²) in [6.07, 6.45) is 1.10. The minimum absolute atomic E-state index is 0.0706. The summed E-state index contributed by atoms with van der Waals surface area (Å²) in [7, 11) is -1.95. The van der Waals surface area contributed by atoms with Crippen molar-refractivity contribution in [2.24, 2.45) is 0 Å². The first-order chi connectivity index (χ1) is 7.63. The zero-order chi connectivity index (χ0) is 12.0. The first-order valence-corrected chi connectivity index (χ1v) is 6.54. The normalized spacial score (nSPS) is 12.3. The van der Waals surface area contributed by atoms with E-state index in [4.69, 9.17) is 4.52 Å².